The van der Waals surface area contributed by atoms with Crippen LogP contribution in [0.25, 0.3) is 0 Å². The van der Waals surface area contributed by atoms with E-state index in [0.717, 1.165) is 0 Å². The fraction of sp³-hybridized carbons (Fsp3) is 0.615. The van der Waals surface area contributed by atoms with Crippen molar-refractivity contribution in [3.05, 3.63) is 17.5 Å². The third-order valence-electron chi connectivity index (χ3n) is 3.28. The van der Waals surface area contributed by atoms with E-state index >= 15 is 0 Å². The number of nitrogen functional groups attached to an aromatic ring is 1. The lowest BCUT2D eigenvalue weighted by Gasteiger charge is -2.26. The molecule has 7 heteroatoms. The topological polar surface area (TPSA) is 121 Å². The number of nitrogens with two attached hydrogens (primary N) is 1. The van der Waals surface area contributed by atoms with E-state index in [1.807, 2.05) is 6.92 Å². The van der Waals surface area contributed by atoms with Gasteiger partial charge in [0.15, 0.2) is 0 Å². The summed E-state index contributed by atoms with van der Waals surface area (Å²) in [7, 11) is 0. The molecule has 0 radical (unpaired) electrons. The highest BCUT2D eigenvalue weighted by Crippen LogP contribution is 2.16. The quantitative estimate of drug-likeness (QED) is 0.559. The van der Waals surface area contributed by atoms with Gasteiger partial charge in [0, 0.05) is 19.3 Å². The van der Waals surface area contributed by atoms with Gasteiger partial charge in [0.05, 0.1) is 16.9 Å². The van der Waals surface area contributed by atoms with Crippen molar-refractivity contribution in [1.29, 1.82) is 0 Å². The number of hydrogen-bond acceptors (Lipinski definition) is 6. The summed E-state index contributed by atoms with van der Waals surface area (Å²) in [4.78, 5) is 19.7. The normalized spacial score (nSPS) is 13.8. The third-order valence-corrected chi connectivity index (χ3v) is 3.28. The molecule has 0 bridgehead atoms. The summed E-state index contributed by atoms with van der Waals surface area (Å²) >= 11 is 0. The van der Waals surface area contributed by atoms with Gasteiger partial charge in [-0.2, -0.15) is 0 Å². The molecule has 5 N–H and O–H groups in total. The van der Waals surface area contributed by atoms with Crippen molar-refractivity contribution >= 4 is 11.9 Å². The molecule has 0 aliphatic heterocycles. The molecule has 0 spiro atoms. The SMILES string of the molecule is CC[C@@](O)(CCCO)CNC(=O)c1cnc(N)nc1C. The molecule has 0 saturated carbocycles. The Morgan fingerprint density at radius 2 is 2.25 bits per heavy atom. The zero-order valence-corrected chi connectivity index (χ0v) is 11.9. The van der Waals surface area contributed by atoms with E-state index in [0.29, 0.717) is 30.5 Å². The number of aromatic nitrogens is 2. The van der Waals surface area contributed by atoms with Gasteiger partial charge in [-0.05, 0) is 26.2 Å². The first-order chi connectivity index (χ1) is 9.41. The highest BCUT2D eigenvalue weighted by molar-refractivity contribution is 5.95. The summed E-state index contributed by atoms with van der Waals surface area (Å²) in [6.07, 6.45) is 2.78. The molecule has 0 aliphatic rings. The summed E-state index contributed by atoms with van der Waals surface area (Å²) in [5.74, 6) is -0.231. The highest BCUT2D eigenvalue weighted by atomic mass is 16.3. The van der Waals surface area contributed by atoms with Crippen LogP contribution in [-0.4, -0.2) is 44.8 Å². The molecule has 1 aromatic rings. The van der Waals surface area contributed by atoms with Gasteiger partial charge in [0.1, 0.15) is 0 Å². The third kappa shape index (κ3) is 4.43. The van der Waals surface area contributed by atoms with Crippen molar-refractivity contribution in [2.45, 2.75) is 38.7 Å². The van der Waals surface area contributed by atoms with Crippen LogP contribution in [0.2, 0.25) is 0 Å². The van der Waals surface area contributed by atoms with E-state index in [-0.39, 0.29) is 25.0 Å². The Kier molecular flexibility index (Phi) is 5.84. The predicted molar refractivity (Wildman–Crippen MR) is 75.1 cm³/mol. The fourth-order valence-corrected chi connectivity index (χ4v) is 1.85. The van der Waals surface area contributed by atoms with Crippen molar-refractivity contribution in [2.24, 2.45) is 0 Å². The minimum absolute atomic E-state index is 0.0150. The lowest BCUT2D eigenvalue weighted by molar-refractivity contribution is 0.0212. The standard InChI is InChI=1S/C13H22N4O3/c1-3-13(20,5-4-6-18)8-16-11(19)10-7-15-12(14)17-9(10)2/h7,18,20H,3-6,8H2,1-2H3,(H,16,19)(H2,14,15,17)/t13-/m1/s1. The van der Waals surface area contributed by atoms with Gasteiger partial charge < -0.3 is 21.3 Å². The van der Waals surface area contributed by atoms with E-state index in [1.165, 1.54) is 6.20 Å². The maximum Gasteiger partial charge on any atom is 0.254 e. The van der Waals surface area contributed by atoms with Crippen molar-refractivity contribution in [2.75, 3.05) is 18.9 Å². The number of carbonyl (C=O) groups is 1. The largest absolute Gasteiger partial charge is 0.396 e. The molecule has 20 heavy (non-hydrogen) atoms. The molecule has 0 fully saturated rings. The van der Waals surface area contributed by atoms with Gasteiger partial charge >= 0.3 is 0 Å². The lowest BCUT2D eigenvalue weighted by atomic mass is 9.94. The smallest absolute Gasteiger partial charge is 0.254 e. The van der Waals surface area contributed by atoms with Crippen LogP contribution in [0.5, 0.6) is 0 Å². The van der Waals surface area contributed by atoms with E-state index in [1.54, 1.807) is 6.92 Å². The summed E-state index contributed by atoms with van der Waals surface area (Å²) in [5, 5.41) is 21.8. The van der Waals surface area contributed by atoms with Crippen LogP contribution in [0.1, 0.15) is 42.2 Å². The Morgan fingerprint density at radius 3 is 2.80 bits per heavy atom. The number of nitrogens with zero attached hydrogens (tertiary/aromatic N) is 2. The van der Waals surface area contributed by atoms with Gasteiger partial charge in [-0.25, -0.2) is 9.97 Å². The number of hydrogen-bond donors (Lipinski definition) is 4. The second-order valence-electron chi connectivity index (χ2n) is 4.82. The number of nitrogens with one attached hydrogen (secondary N) is 1. The Morgan fingerprint density at radius 1 is 1.55 bits per heavy atom. The van der Waals surface area contributed by atoms with Crippen molar-refractivity contribution < 1.29 is 15.0 Å². The van der Waals surface area contributed by atoms with Crippen molar-refractivity contribution in [3.63, 3.8) is 0 Å². The van der Waals surface area contributed by atoms with E-state index < -0.39 is 5.60 Å². The average molecular weight is 282 g/mol. The Balaban J connectivity index is 2.66. The highest BCUT2D eigenvalue weighted by Gasteiger charge is 2.25. The molecular formula is C13H22N4O3. The van der Waals surface area contributed by atoms with Crippen LogP contribution in [0.3, 0.4) is 0 Å². The molecule has 0 saturated heterocycles. The van der Waals surface area contributed by atoms with Gasteiger partial charge in [-0.1, -0.05) is 6.92 Å². The maximum atomic E-state index is 12.0. The van der Waals surface area contributed by atoms with Crippen LogP contribution < -0.4 is 11.1 Å². The molecule has 1 aromatic heterocycles. The number of carbonyl (C=O) groups excluding carboxylic acids is 1. The minimum atomic E-state index is -1.01. The molecule has 0 aromatic carbocycles. The Bertz CT molecular complexity index is 467. The zero-order chi connectivity index (χ0) is 15.2. The Hall–Kier alpha value is -1.73. The number of aliphatic hydroxyl groups excluding tert-OH is 1. The molecule has 1 atom stereocenters. The fourth-order valence-electron chi connectivity index (χ4n) is 1.85. The molecule has 1 amide bonds. The van der Waals surface area contributed by atoms with Gasteiger partial charge in [-0.3, -0.25) is 4.79 Å². The maximum absolute atomic E-state index is 12.0. The molecule has 0 unspecified atom stereocenters. The second-order valence-corrected chi connectivity index (χ2v) is 4.82. The number of aliphatic hydroxyl groups is 2. The van der Waals surface area contributed by atoms with Crippen LogP contribution >= 0.6 is 0 Å². The summed E-state index contributed by atoms with van der Waals surface area (Å²) in [5.41, 5.74) is 5.24. The van der Waals surface area contributed by atoms with Crippen LogP contribution in [0, 0.1) is 6.92 Å². The monoisotopic (exact) mass is 282 g/mol. The predicted octanol–water partition coefficient (Wildman–Crippen LogP) is 0.0106. The average Bonchev–Trinajstić information content (AvgIpc) is 2.42. The zero-order valence-electron chi connectivity index (χ0n) is 11.9. The summed E-state index contributed by atoms with van der Waals surface area (Å²) < 4.78 is 0. The molecule has 1 rings (SSSR count). The summed E-state index contributed by atoms with van der Waals surface area (Å²) in [6, 6.07) is 0. The van der Waals surface area contributed by atoms with E-state index in [4.69, 9.17) is 10.8 Å². The van der Waals surface area contributed by atoms with Crippen LogP contribution in [-0.2, 0) is 0 Å². The molecular weight excluding hydrogens is 260 g/mol. The summed E-state index contributed by atoms with van der Waals surface area (Å²) in [6.45, 7) is 3.64. The molecule has 0 aliphatic carbocycles. The van der Waals surface area contributed by atoms with Crippen LogP contribution in [0.15, 0.2) is 6.20 Å². The van der Waals surface area contributed by atoms with Crippen molar-refractivity contribution in [1.82, 2.24) is 15.3 Å². The number of aryl methyl sites for hydroxylation is 1. The number of anilines is 1. The van der Waals surface area contributed by atoms with E-state index in [2.05, 4.69) is 15.3 Å². The first-order valence-electron chi connectivity index (χ1n) is 6.62. The molecule has 1 heterocycles. The number of amides is 1. The van der Waals surface area contributed by atoms with Gasteiger partial charge in [-0.15, -0.1) is 0 Å². The molecule has 112 valence electrons. The lowest BCUT2D eigenvalue weighted by Crippen LogP contribution is -2.42. The minimum Gasteiger partial charge on any atom is -0.396 e. The number of rotatable bonds is 7. The first kappa shape index (κ1) is 16.3. The van der Waals surface area contributed by atoms with Gasteiger partial charge in [0.25, 0.3) is 5.91 Å². The van der Waals surface area contributed by atoms with E-state index in [9.17, 15) is 9.90 Å². The molecule has 7 nitrogen and oxygen atoms in total. The second kappa shape index (κ2) is 7.16. The van der Waals surface area contributed by atoms with Gasteiger partial charge in [0.2, 0.25) is 5.95 Å². The van der Waals surface area contributed by atoms with Crippen molar-refractivity contribution in [3.8, 4) is 0 Å². The first-order valence-corrected chi connectivity index (χ1v) is 6.62. The van der Waals surface area contributed by atoms with Crippen LogP contribution in [0.4, 0.5) is 5.95 Å². The Labute approximate surface area is 118 Å².